The van der Waals surface area contributed by atoms with Crippen molar-refractivity contribution in [3.05, 3.63) is 47.7 Å². The number of halogens is 3. The Balaban J connectivity index is 1.65. The van der Waals surface area contributed by atoms with E-state index in [2.05, 4.69) is 15.3 Å². The Morgan fingerprint density at radius 3 is 2.68 bits per heavy atom. The lowest BCUT2D eigenvalue weighted by atomic mass is 10.0. The summed E-state index contributed by atoms with van der Waals surface area (Å²) in [5.41, 5.74) is -0.397. The number of carbonyl (C=O) groups excluding carboxylic acids is 2. The fraction of sp³-hybridized carbons (Fsp3) is 0.238. The zero-order valence-corrected chi connectivity index (χ0v) is 16.2. The molecule has 10 heteroatoms. The summed E-state index contributed by atoms with van der Waals surface area (Å²) >= 11 is 0. The van der Waals surface area contributed by atoms with Crippen LogP contribution in [0.2, 0.25) is 0 Å². The molecular formula is C21H16F3N5O2. The van der Waals surface area contributed by atoms with Gasteiger partial charge in [0.25, 0.3) is 0 Å². The Kier molecular flexibility index (Phi) is 4.89. The van der Waals surface area contributed by atoms with Gasteiger partial charge in [0.05, 0.1) is 22.7 Å². The van der Waals surface area contributed by atoms with E-state index < -0.39 is 23.6 Å². The third-order valence-corrected chi connectivity index (χ3v) is 5.26. The van der Waals surface area contributed by atoms with Crippen LogP contribution in [0.5, 0.6) is 0 Å². The predicted octanol–water partition coefficient (Wildman–Crippen LogP) is 3.68. The Morgan fingerprint density at radius 1 is 1.29 bits per heavy atom. The molecule has 2 aromatic heterocycles. The lowest BCUT2D eigenvalue weighted by Gasteiger charge is -2.37. The number of anilines is 1. The highest BCUT2D eigenvalue weighted by molar-refractivity contribution is 6.39. The van der Waals surface area contributed by atoms with Crippen molar-refractivity contribution < 1.29 is 22.8 Å². The van der Waals surface area contributed by atoms with Gasteiger partial charge in [-0.3, -0.25) is 9.59 Å². The molecule has 1 aliphatic heterocycles. The average Bonchev–Trinajstić information content (AvgIpc) is 3.14. The second-order valence-corrected chi connectivity index (χ2v) is 7.30. The van der Waals surface area contributed by atoms with Crippen LogP contribution in [0.3, 0.4) is 0 Å². The summed E-state index contributed by atoms with van der Waals surface area (Å²) in [7, 11) is 0. The van der Waals surface area contributed by atoms with Gasteiger partial charge in [0, 0.05) is 41.5 Å². The normalized spacial score (nSPS) is 16.0. The van der Waals surface area contributed by atoms with Crippen LogP contribution >= 0.6 is 0 Å². The smallest absolute Gasteiger partial charge is 0.354 e. The van der Waals surface area contributed by atoms with Crippen molar-refractivity contribution in [2.24, 2.45) is 0 Å². The molecule has 158 valence electrons. The van der Waals surface area contributed by atoms with Crippen LogP contribution in [0.25, 0.3) is 22.2 Å². The van der Waals surface area contributed by atoms with Crippen molar-refractivity contribution in [1.29, 1.82) is 5.26 Å². The second kappa shape index (κ2) is 7.43. The van der Waals surface area contributed by atoms with E-state index in [4.69, 9.17) is 5.26 Å². The molecule has 1 aliphatic rings. The number of nitriles is 1. The number of hydrogen-bond donors (Lipinski definition) is 2. The Hall–Kier alpha value is -3.87. The number of rotatable bonds is 2. The molecule has 1 atom stereocenters. The number of nitrogens with one attached hydrogen (secondary N) is 2. The summed E-state index contributed by atoms with van der Waals surface area (Å²) in [6, 6.07) is 7.90. The first-order valence-corrected chi connectivity index (χ1v) is 9.40. The van der Waals surface area contributed by atoms with Crippen molar-refractivity contribution in [2.45, 2.75) is 25.6 Å². The lowest BCUT2D eigenvalue weighted by Crippen LogP contribution is -2.53. The molecule has 7 nitrogen and oxygen atoms in total. The van der Waals surface area contributed by atoms with Crippen molar-refractivity contribution in [3.63, 3.8) is 0 Å². The monoisotopic (exact) mass is 427 g/mol. The number of pyridine rings is 1. The third-order valence-electron chi connectivity index (χ3n) is 5.26. The molecule has 2 N–H and O–H groups in total. The predicted molar refractivity (Wildman–Crippen MR) is 106 cm³/mol. The zero-order valence-electron chi connectivity index (χ0n) is 16.2. The van der Waals surface area contributed by atoms with E-state index in [1.54, 1.807) is 0 Å². The van der Waals surface area contributed by atoms with E-state index in [1.807, 2.05) is 13.0 Å². The van der Waals surface area contributed by atoms with Gasteiger partial charge in [0.1, 0.15) is 5.82 Å². The third kappa shape index (κ3) is 3.82. The number of aromatic nitrogens is 2. The highest BCUT2D eigenvalue weighted by Gasteiger charge is 2.34. The molecule has 0 saturated carbocycles. The summed E-state index contributed by atoms with van der Waals surface area (Å²) in [5, 5.41) is 12.0. The fourth-order valence-corrected chi connectivity index (χ4v) is 3.44. The van der Waals surface area contributed by atoms with Crippen molar-refractivity contribution in [1.82, 2.24) is 14.9 Å². The number of fused-ring (bicyclic) bond motifs is 1. The number of amides is 2. The van der Waals surface area contributed by atoms with E-state index in [0.29, 0.717) is 17.4 Å². The highest BCUT2D eigenvalue weighted by Crippen LogP contribution is 2.38. The SMILES string of the molecule is CC1CCN1C(=O)C(=O)Nc1cc2[nH]c(-c3cc(C#N)ccc3C(F)(F)F)cc2cn1. The van der Waals surface area contributed by atoms with Gasteiger partial charge >= 0.3 is 18.0 Å². The first-order chi connectivity index (χ1) is 14.7. The highest BCUT2D eigenvalue weighted by atomic mass is 19.4. The van der Waals surface area contributed by atoms with Crippen LogP contribution in [-0.4, -0.2) is 39.3 Å². The topological polar surface area (TPSA) is 102 Å². The van der Waals surface area contributed by atoms with Crippen LogP contribution in [-0.2, 0) is 15.8 Å². The van der Waals surface area contributed by atoms with Gasteiger partial charge in [-0.05, 0) is 37.6 Å². The molecule has 1 aromatic carbocycles. The van der Waals surface area contributed by atoms with Crippen LogP contribution in [0, 0.1) is 11.3 Å². The Labute approximate surface area is 174 Å². The van der Waals surface area contributed by atoms with Gasteiger partial charge in [0.2, 0.25) is 0 Å². The largest absolute Gasteiger partial charge is 0.417 e. The molecule has 0 aliphatic carbocycles. The number of carbonyl (C=O) groups is 2. The maximum atomic E-state index is 13.4. The first kappa shape index (κ1) is 20.4. The van der Waals surface area contributed by atoms with Gasteiger partial charge in [0.15, 0.2) is 0 Å². The first-order valence-electron chi connectivity index (χ1n) is 9.40. The van der Waals surface area contributed by atoms with Crippen LogP contribution in [0.1, 0.15) is 24.5 Å². The number of aromatic amines is 1. The molecule has 0 spiro atoms. The molecule has 1 fully saturated rings. The van der Waals surface area contributed by atoms with Crippen LogP contribution in [0.4, 0.5) is 19.0 Å². The van der Waals surface area contributed by atoms with Crippen molar-refractivity contribution >= 4 is 28.5 Å². The summed E-state index contributed by atoms with van der Waals surface area (Å²) in [5.74, 6) is -1.39. The molecular weight excluding hydrogens is 411 g/mol. The lowest BCUT2D eigenvalue weighted by molar-refractivity contribution is -0.148. The second-order valence-electron chi connectivity index (χ2n) is 7.30. The minimum atomic E-state index is -4.60. The molecule has 3 aromatic rings. The van der Waals surface area contributed by atoms with E-state index in [-0.39, 0.29) is 28.7 Å². The van der Waals surface area contributed by atoms with Crippen LogP contribution in [0.15, 0.2) is 36.5 Å². The van der Waals surface area contributed by atoms with Crippen LogP contribution < -0.4 is 5.32 Å². The minimum absolute atomic E-state index is 0.00616. The average molecular weight is 427 g/mol. The van der Waals surface area contributed by atoms with Gasteiger partial charge in [-0.15, -0.1) is 0 Å². The molecule has 3 heterocycles. The number of likely N-dealkylation sites (tertiary alicyclic amines) is 1. The van der Waals surface area contributed by atoms with Crippen molar-refractivity contribution in [2.75, 3.05) is 11.9 Å². The maximum absolute atomic E-state index is 13.4. The fourth-order valence-electron chi connectivity index (χ4n) is 3.44. The molecule has 4 rings (SSSR count). The van der Waals surface area contributed by atoms with Gasteiger partial charge in [-0.2, -0.15) is 18.4 Å². The Morgan fingerprint density at radius 2 is 2.06 bits per heavy atom. The maximum Gasteiger partial charge on any atom is 0.417 e. The molecule has 0 bridgehead atoms. The van der Waals surface area contributed by atoms with E-state index in [9.17, 15) is 22.8 Å². The quantitative estimate of drug-likeness (QED) is 0.609. The number of alkyl halides is 3. The zero-order chi connectivity index (χ0) is 22.3. The van der Waals surface area contributed by atoms with E-state index >= 15 is 0 Å². The summed E-state index contributed by atoms with van der Waals surface area (Å²) in [4.78, 5) is 32.7. The number of benzene rings is 1. The van der Waals surface area contributed by atoms with Crippen molar-refractivity contribution in [3.8, 4) is 17.3 Å². The van der Waals surface area contributed by atoms with Gasteiger partial charge in [-0.1, -0.05) is 0 Å². The number of hydrogen-bond acceptors (Lipinski definition) is 4. The Bertz CT molecular complexity index is 1240. The summed E-state index contributed by atoms with van der Waals surface area (Å²) < 4.78 is 40.3. The molecule has 1 unspecified atom stereocenters. The summed E-state index contributed by atoms with van der Waals surface area (Å²) in [6.45, 7) is 2.36. The van der Waals surface area contributed by atoms with Gasteiger partial charge in [-0.25, -0.2) is 4.98 Å². The van der Waals surface area contributed by atoms with Gasteiger partial charge < -0.3 is 15.2 Å². The number of nitrogens with zero attached hydrogens (tertiary/aromatic N) is 3. The number of H-pyrrole nitrogens is 1. The molecule has 2 amide bonds. The molecule has 0 radical (unpaired) electrons. The summed E-state index contributed by atoms with van der Waals surface area (Å²) in [6.07, 6.45) is -2.39. The standard InChI is InChI=1S/C21H16F3N5O2/c1-11-4-5-29(11)20(31)19(30)28-18-8-16-13(10-26-18)7-17(27-16)14-6-12(9-25)2-3-15(14)21(22,23)24/h2-3,6-8,10-11,27H,4-5H2,1H3,(H,26,28,30). The molecule has 1 saturated heterocycles. The van der Waals surface area contributed by atoms with E-state index in [1.165, 1.54) is 23.2 Å². The van der Waals surface area contributed by atoms with E-state index in [0.717, 1.165) is 24.6 Å². The molecule has 31 heavy (non-hydrogen) atoms. The minimum Gasteiger partial charge on any atom is -0.354 e.